The number of ketones is 1. The normalized spacial score (nSPS) is 18.3. The maximum absolute atomic E-state index is 12.6. The molecular formula is C17H17ClO3S. The van der Waals surface area contributed by atoms with E-state index in [1.807, 2.05) is 24.3 Å². The van der Waals surface area contributed by atoms with Crippen LogP contribution >= 0.6 is 22.9 Å². The number of benzene rings is 1. The second-order valence-corrected chi connectivity index (χ2v) is 6.91. The first-order valence-corrected chi connectivity index (χ1v) is 8.54. The van der Waals surface area contributed by atoms with Crippen molar-refractivity contribution in [2.24, 2.45) is 0 Å². The molecule has 0 saturated carbocycles. The summed E-state index contributed by atoms with van der Waals surface area (Å²) in [6.45, 7) is 1.13. The van der Waals surface area contributed by atoms with Gasteiger partial charge in [-0.2, -0.15) is 0 Å². The number of rotatable bonds is 5. The van der Waals surface area contributed by atoms with Crippen molar-refractivity contribution in [3.05, 3.63) is 56.7 Å². The lowest BCUT2D eigenvalue weighted by atomic mass is 10.0. The van der Waals surface area contributed by atoms with Crippen molar-refractivity contribution in [3.63, 3.8) is 0 Å². The van der Waals surface area contributed by atoms with Crippen LogP contribution in [0.1, 0.15) is 40.1 Å². The van der Waals surface area contributed by atoms with Gasteiger partial charge in [-0.05, 0) is 37.0 Å². The minimum absolute atomic E-state index is 0.0133. The van der Waals surface area contributed by atoms with Crippen molar-refractivity contribution in [1.82, 2.24) is 0 Å². The third kappa shape index (κ3) is 3.76. The van der Waals surface area contributed by atoms with Gasteiger partial charge in [0.15, 0.2) is 6.29 Å². The van der Waals surface area contributed by atoms with Gasteiger partial charge in [0.1, 0.15) is 0 Å². The number of halogens is 1. The molecule has 2 heterocycles. The zero-order chi connectivity index (χ0) is 15.4. The largest absolute Gasteiger partial charge is 0.353 e. The van der Waals surface area contributed by atoms with Gasteiger partial charge in [0.2, 0.25) is 5.78 Å². The molecule has 1 saturated heterocycles. The molecule has 22 heavy (non-hydrogen) atoms. The van der Waals surface area contributed by atoms with Crippen molar-refractivity contribution < 1.29 is 14.3 Å². The second kappa shape index (κ2) is 7.38. The molecular weight excluding hydrogens is 320 g/mol. The fraction of sp³-hybridized carbons (Fsp3) is 0.353. The molecule has 1 aliphatic heterocycles. The van der Waals surface area contributed by atoms with E-state index in [-0.39, 0.29) is 12.1 Å². The summed E-state index contributed by atoms with van der Waals surface area (Å²) in [6.07, 6.45) is 2.97. The average Bonchev–Trinajstić information content (AvgIpc) is 3.00. The highest BCUT2D eigenvalue weighted by Gasteiger charge is 2.18. The van der Waals surface area contributed by atoms with Crippen molar-refractivity contribution in [2.45, 2.75) is 32.2 Å². The Morgan fingerprint density at radius 2 is 2.14 bits per heavy atom. The summed E-state index contributed by atoms with van der Waals surface area (Å²) < 4.78 is 12.0. The number of carbonyl (C=O) groups is 1. The predicted molar refractivity (Wildman–Crippen MR) is 87.6 cm³/mol. The van der Waals surface area contributed by atoms with Gasteiger partial charge in [-0.1, -0.05) is 35.9 Å². The van der Waals surface area contributed by atoms with Crippen LogP contribution in [-0.4, -0.2) is 18.7 Å². The van der Waals surface area contributed by atoms with Gasteiger partial charge in [0.25, 0.3) is 0 Å². The molecule has 1 fully saturated rings. The molecule has 5 heteroatoms. The van der Waals surface area contributed by atoms with Gasteiger partial charge >= 0.3 is 0 Å². The molecule has 3 rings (SSSR count). The Hall–Kier alpha value is -1.20. The summed E-state index contributed by atoms with van der Waals surface area (Å²) in [4.78, 5) is 13.2. The maximum atomic E-state index is 12.6. The summed E-state index contributed by atoms with van der Waals surface area (Å²) in [6, 6.07) is 11.0. The Kier molecular flexibility index (Phi) is 5.26. The molecule has 1 unspecified atom stereocenters. The van der Waals surface area contributed by atoms with Gasteiger partial charge < -0.3 is 9.47 Å². The molecule has 1 atom stereocenters. The molecule has 0 radical (unpaired) electrons. The fourth-order valence-electron chi connectivity index (χ4n) is 2.46. The molecule has 3 nitrogen and oxygen atoms in total. The standard InChI is InChI=1S/C17H17ClO3S/c18-15-9-8-14(22-15)17(19)13-6-2-1-5-12(13)11-21-16-7-3-4-10-20-16/h1-2,5-6,8-9,16H,3-4,7,10-11H2. The third-order valence-electron chi connectivity index (χ3n) is 3.62. The number of thiophene rings is 1. The Labute approximate surface area is 138 Å². The first kappa shape index (κ1) is 15.7. The number of hydrogen-bond donors (Lipinski definition) is 0. The molecule has 1 aromatic heterocycles. The topological polar surface area (TPSA) is 35.5 Å². The summed E-state index contributed by atoms with van der Waals surface area (Å²) in [5.41, 5.74) is 1.54. The van der Waals surface area contributed by atoms with Crippen LogP contribution in [0.5, 0.6) is 0 Å². The highest BCUT2D eigenvalue weighted by molar-refractivity contribution is 7.18. The third-order valence-corrected chi connectivity index (χ3v) is 4.85. The van der Waals surface area contributed by atoms with Gasteiger partial charge in [-0.15, -0.1) is 11.3 Å². The molecule has 0 amide bonds. The van der Waals surface area contributed by atoms with Crippen molar-refractivity contribution >= 4 is 28.7 Å². The Morgan fingerprint density at radius 1 is 1.27 bits per heavy atom. The number of hydrogen-bond acceptors (Lipinski definition) is 4. The lowest BCUT2D eigenvalue weighted by Crippen LogP contribution is -2.22. The zero-order valence-electron chi connectivity index (χ0n) is 12.1. The van der Waals surface area contributed by atoms with Crippen LogP contribution in [0.2, 0.25) is 4.34 Å². The van der Waals surface area contributed by atoms with Crippen LogP contribution < -0.4 is 0 Å². The molecule has 1 aliphatic rings. The van der Waals surface area contributed by atoms with Crippen molar-refractivity contribution in [2.75, 3.05) is 6.61 Å². The van der Waals surface area contributed by atoms with E-state index in [1.165, 1.54) is 11.3 Å². The number of carbonyl (C=O) groups excluding carboxylic acids is 1. The molecule has 0 bridgehead atoms. The van der Waals surface area contributed by atoms with E-state index in [1.54, 1.807) is 12.1 Å². The van der Waals surface area contributed by atoms with E-state index >= 15 is 0 Å². The quantitative estimate of drug-likeness (QED) is 0.744. The van der Waals surface area contributed by atoms with Crippen LogP contribution in [0.15, 0.2) is 36.4 Å². The first-order valence-electron chi connectivity index (χ1n) is 7.35. The average molecular weight is 337 g/mol. The Bertz CT molecular complexity index is 647. The van der Waals surface area contributed by atoms with Crippen LogP contribution in [-0.2, 0) is 16.1 Å². The van der Waals surface area contributed by atoms with Crippen LogP contribution in [0.25, 0.3) is 0 Å². The SMILES string of the molecule is O=C(c1ccc(Cl)s1)c1ccccc1COC1CCCCO1. The molecule has 1 aromatic carbocycles. The molecule has 116 valence electrons. The lowest BCUT2D eigenvalue weighted by molar-refractivity contribution is -0.168. The summed E-state index contributed by atoms with van der Waals surface area (Å²) in [7, 11) is 0. The highest BCUT2D eigenvalue weighted by Crippen LogP contribution is 2.25. The van der Waals surface area contributed by atoms with E-state index in [0.717, 1.165) is 31.4 Å². The van der Waals surface area contributed by atoms with Crippen molar-refractivity contribution in [3.8, 4) is 0 Å². The van der Waals surface area contributed by atoms with Crippen LogP contribution in [0, 0.1) is 0 Å². The number of ether oxygens (including phenoxy) is 2. The molecule has 0 N–H and O–H groups in total. The van der Waals surface area contributed by atoms with Gasteiger partial charge in [-0.25, -0.2) is 0 Å². The Balaban J connectivity index is 1.73. The van der Waals surface area contributed by atoms with Gasteiger partial charge in [0.05, 0.1) is 15.8 Å². The molecule has 0 aliphatic carbocycles. The minimum atomic E-state index is -0.159. The van der Waals surface area contributed by atoms with Crippen molar-refractivity contribution in [1.29, 1.82) is 0 Å². The maximum Gasteiger partial charge on any atom is 0.203 e. The summed E-state index contributed by atoms with van der Waals surface area (Å²) >= 11 is 7.22. The van der Waals surface area contributed by atoms with E-state index in [4.69, 9.17) is 21.1 Å². The summed E-state index contributed by atoms with van der Waals surface area (Å²) in [5.74, 6) is -0.0133. The minimum Gasteiger partial charge on any atom is -0.353 e. The molecule has 0 spiro atoms. The van der Waals surface area contributed by atoms with E-state index in [2.05, 4.69) is 0 Å². The highest BCUT2D eigenvalue weighted by atomic mass is 35.5. The van der Waals surface area contributed by atoms with Crippen LogP contribution in [0.3, 0.4) is 0 Å². The lowest BCUT2D eigenvalue weighted by Gasteiger charge is -2.23. The van der Waals surface area contributed by atoms with E-state index < -0.39 is 0 Å². The first-order chi connectivity index (χ1) is 10.7. The summed E-state index contributed by atoms with van der Waals surface area (Å²) in [5, 5.41) is 0. The smallest absolute Gasteiger partial charge is 0.203 e. The monoisotopic (exact) mass is 336 g/mol. The fourth-order valence-corrected chi connectivity index (χ4v) is 3.46. The van der Waals surface area contributed by atoms with Crippen LogP contribution in [0.4, 0.5) is 0 Å². The van der Waals surface area contributed by atoms with E-state index in [0.29, 0.717) is 21.4 Å². The van der Waals surface area contributed by atoms with Gasteiger partial charge in [0, 0.05) is 12.2 Å². The zero-order valence-corrected chi connectivity index (χ0v) is 13.7. The second-order valence-electron chi connectivity index (χ2n) is 5.20. The molecule has 2 aromatic rings. The van der Waals surface area contributed by atoms with E-state index in [9.17, 15) is 4.79 Å². The van der Waals surface area contributed by atoms with Gasteiger partial charge in [-0.3, -0.25) is 4.79 Å². The Morgan fingerprint density at radius 3 is 2.86 bits per heavy atom. The predicted octanol–water partition coefficient (Wildman–Crippen LogP) is 4.68.